The molecule has 2 heterocycles. The Morgan fingerprint density at radius 3 is 2.53 bits per heavy atom. The number of aromatic nitrogens is 2. The third-order valence-corrected chi connectivity index (χ3v) is 5.28. The number of rotatable bonds is 6. The molecule has 2 aromatic carbocycles. The number of hydrogen-bond donors (Lipinski definition) is 2. The SMILES string of the molecule is N#CC(NC(=O)c1ccccc1)c1nc(Nc2ccc(N3CCOCC3)cc2)ncc1Cl. The van der Waals surface area contributed by atoms with Gasteiger partial charge >= 0.3 is 0 Å². The van der Waals surface area contributed by atoms with E-state index < -0.39 is 6.04 Å². The fraction of sp³-hybridized carbons (Fsp3) is 0.217. The van der Waals surface area contributed by atoms with E-state index in [1.165, 1.54) is 6.20 Å². The van der Waals surface area contributed by atoms with Crippen molar-refractivity contribution < 1.29 is 9.53 Å². The number of ether oxygens (including phenoxy) is 1. The summed E-state index contributed by atoms with van der Waals surface area (Å²) >= 11 is 6.24. The predicted octanol–water partition coefficient (Wildman–Crippen LogP) is 3.70. The van der Waals surface area contributed by atoms with Gasteiger partial charge in [-0.1, -0.05) is 29.8 Å². The molecule has 0 spiro atoms. The molecular formula is C23H21ClN6O2. The minimum absolute atomic E-state index is 0.193. The van der Waals surface area contributed by atoms with Crippen LogP contribution in [0, 0.1) is 11.3 Å². The highest BCUT2D eigenvalue weighted by molar-refractivity contribution is 6.31. The van der Waals surface area contributed by atoms with Crippen LogP contribution in [0.2, 0.25) is 5.02 Å². The number of carbonyl (C=O) groups excluding carboxylic acids is 1. The van der Waals surface area contributed by atoms with Crippen molar-refractivity contribution in [3.63, 3.8) is 0 Å². The molecule has 0 radical (unpaired) electrons. The van der Waals surface area contributed by atoms with E-state index in [4.69, 9.17) is 16.3 Å². The average Bonchev–Trinajstić information content (AvgIpc) is 2.85. The molecule has 1 aliphatic rings. The number of amides is 1. The van der Waals surface area contributed by atoms with Crippen LogP contribution in [-0.4, -0.2) is 42.2 Å². The fourth-order valence-electron chi connectivity index (χ4n) is 3.31. The van der Waals surface area contributed by atoms with Crippen molar-refractivity contribution in [1.29, 1.82) is 5.26 Å². The third-order valence-electron chi connectivity index (χ3n) is 4.98. The van der Waals surface area contributed by atoms with Crippen molar-refractivity contribution in [3.8, 4) is 6.07 Å². The number of nitriles is 1. The standard InChI is InChI=1S/C23H21ClN6O2/c24-19-15-26-23(27-17-6-8-18(9-7-17)30-10-12-32-13-11-30)29-21(19)20(14-25)28-22(31)16-4-2-1-3-5-16/h1-9,15,20H,10-13H2,(H,28,31)(H,26,27,29). The second-order valence-corrected chi connectivity index (χ2v) is 7.51. The van der Waals surface area contributed by atoms with Crippen molar-refractivity contribution in [2.24, 2.45) is 0 Å². The van der Waals surface area contributed by atoms with Gasteiger partial charge in [-0.15, -0.1) is 0 Å². The Kier molecular flexibility index (Phi) is 6.80. The number of anilines is 3. The Morgan fingerprint density at radius 2 is 1.84 bits per heavy atom. The van der Waals surface area contributed by atoms with Crippen molar-refractivity contribution in [1.82, 2.24) is 15.3 Å². The topological polar surface area (TPSA) is 103 Å². The Morgan fingerprint density at radius 1 is 1.12 bits per heavy atom. The van der Waals surface area contributed by atoms with Crippen molar-refractivity contribution >= 4 is 34.8 Å². The summed E-state index contributed by atoms with van der Waals surface area (Å²) in [5.74, 6) is -0.113. The lowest BCUT2D eigenvalue weighted by atomic mass is 10.1. The van der Waals surface area contributed by atoms with Crippen LogP contribution in [0.25, 0.3) is 0 Å². The van der Waals surface area contributed by atoms with Crippen LogP contribution in [0.4, 0.5) is 17.3 Å². The van der Waals surface area contributed by atoms with Crippen LogP contribution in [0.1, 0.15) is 22.1 Å². The molecule has 0 saturated carbocycles. The van der Waals surface area contributed by atoms with Gasteiger partial charge in [-0.3, -0.25) is 4.79 Å². The molecule has 1 saturated heterocycles. The Balaban J connectivity index is 1.48. The molecule has 0 bridgehead atoms. The molecule has 1 fully saturated rings. The summed E-state index contributed by atoms with van der Waals surface area (Å²) in [5.41, 5.74) is 2.57. The van der Waals surface area contributed by atoms with Crippen LogP contribution < -0.4 is 15.5 Å². The normalized spacial score (nSPS) is 14.3. The number of carbonyl (C=O) groups is 1. The van der Waals surface area contributed by atoms with Crippen LogP contribution >= 0.6 is 11.6 Å². The molecule has 162 valence electrons. The van der Waals surface area contributed by atoms with E-state index >= 15 is 0 Å². The lowest BCUT2D eigenvalue weighted by Crippen LogP contribution is -2.36. The first-order chi connectivity index (χ1) is 15.6. The van der Waals surface area contributed by atoms with Crippen LogP contribution in [0.5, 0.6) is 0 Å². The minimum atomic E-state index is -1.03. The van der Waals surface area contributed by atoms with E-state index in [1.807, 2.05) is 36.4 Å². The molecule has 4 rings (SSSR count). The molecule has 0 aliphatic carbocycles. The van der Waals surface area contributed by atoms with Crippen LogP contribution in [0.15, 0.2) is 60.8 Å². The first-order valence-corrected chi connectivity index (χ1v) is 10.5. The van der Waals surface area contributed by atoms with Gasteiger partial charge in [0.1, 0.15) is 5.69 Å². The molecular weight excluding hydrogens is 428 g/mol. The van der Waals surface area contributed by atoms with Gasteiger partial charge in [-0.25, -0.2) is 9.97 Å². The first-order valence-electron chi connectivity index (χ1n) is 10.1. The minimum Gasteiger partial charge on any atom is -0.378 e. The molecule has 1 aliphatic heterocycles. The highest BCUT2D eigenvalue weighted by atomic mass is 35.5. The summed E-state index contributed by atoms with van der Waals surface area (Å²) in [7, 11) is 0. The number of nitrogens with zero attached hydrogens (tertiary/aromatic N) is 4. The quantitative estimate of drug-likeness (QED) is 0.592. The summed E-state index contributed by atoms with van der Waals surface area (Å²) < 4.78 is 5.39. The van der Waals surface area contributed by atoms with Gasteiger partial charge in [0.2, 0.25) is 5.95 Å². The molecule has 3 aromatic rings. The van der Waals surface area contributed by atoms with Gasteiger partial charge in [-0.2, -0.15) is 5.26 Å². The zero-order valence-electron chi connectivity index (χ0n) is 17.2. The zero-order valence-corrected chi connectivity index (χ0v) is 17.9. The summed E-state index contributed by atoms with van der Waals surface area (Å²) in [6, 6.07) is 17.6. The number of nitrogens with one attached hydrogen (secondary N) is 2. The van der Waals surface area contributed by atoms with Gasteiger partial charge in [0.05, 0.1) is 30.5 Å². The lowest BCUT2D eigenvalue weighted by molar-refractivity contribution is 0.0944. The molecule has 9 heteroatoms. The molecule has 1 amide bonds. The maximum atomic E-state index is 12.5. The van der Waals surface area contributed by atoms with Crippen molar-refractivity contribution in [2.75, 3.05) is 36.5 Å². The summed E-state index contributed by atoms with van der Waals surface area (Å²) in [6.45, 7) is 3.17. The van der Waals surface area contributed by atoms with Gasteiger partial charge in [0.25, 0.3) is 5.91 Å². The summed E-state index contributed by atoms with van der Waals surface area (Å²) in [5, 5.41) is 15.6. The molecule has 2 N–H and O–H groups in total. The van der Waals surface area contributed by atoms with Gasteiger partial charge in [0.15, 0.2) is 6.04 Å². The molecule has 1 aromatic heterocycles. The maximum absolute atomic E-state index is 12.5. The van der Waals surface area contributed by atoms with Gasteiger partial charge in [-0.05, 0) is 36.4 Å². The van der Waals surface area contributed by atoms with Crippen LogP contribution in [0.3, 0.4) is 0 Å². The largest absolute Gasteiger partial charge is 0.378 e. The van der Waals surface area contributed by atoms with Crippen LogP contribution in [-0.2, 0) is 4.74 Å². The monoisotopic (exact) mass is 448 g/mol. The highest BCUT2D eigenvalue weighted by Crippen LogP contribution is 2.24. The number of halogens is 1. The van der Waals surface area contributed by atoms with E-state index in [1.54, 1.807) is 24.3 Å². The summed E-state index contributed by atoms with van der Waals surface area (Å²) in [6.07, 6.45) is 1.41. The fourth-order valence-corrected chi connectivity index (χ4v) is 3.52. The second-order valence-electron chi connectivity index (χ2n) is 7.10. The Bertz CT molecular complexity index is 1110. The number of hydrogen-bond acceptors (Lipinski definition) is 7. The van der Waals surface area contributed by atoms with E-state index in [0.29, 0.717) is 5.56 Å². The third kappa shape index (κ3) is 5.14. The predicted molar refractivity (Wildman–Crippen MR) is 122 cm³/mol. The number of benzene rings is 2. The van der Waals surface area contributed by atoms with Crippen molar-refractivity contribution in [3.05, 3.63) is 77.1 Å². The molecule has 32 heavy (non-hydrogen) atoms. The average molecular weight is 449 g/mol. The molecule has 8 nitrogen and oxygen atoms in total. The smallest absolute Gasteiger partial charge is 0.252 e. The maximum Gasteiger partial charge on any atom is 0.252 e. The first kappa shape index (κ1) is 21.6. The number of morpholine rings is 1. The lowest BCUT2D eigenvalue weighted by Gasteiger charge is -2.28. The van der Waals surface area contributed by atoms with E-state index in [0.717, 1.165) is 37.7 Å². The van der Waals surface area contributed by atoms with Crippen molar-refractivity contribution in [2.45, 2.75) is 6.04 Å². The van der Waals surface area contributed by atoms with Gasteiger partial charge < -0.3 is 20.3 Å². The van der Waals surface area contributed by atoms with E-state index in [-0.39, 0.29) is 22.6 Å². The van der Waals surface area contributed by atoms with E-state index in [9.17, 15) is 10.1 Å². The Hall–Kier alpha value is -3.67. The highest BCUT2D eigenvalue weighted by Gasteiger charge is 2.20. The molecule has 1 atom stereocenters. The second kappa shape index (κ2) is 10.1. The summed E-state index contributed by atoms with van der Waals surface area (Å²) in [4.78, 5) is 23.3. The molecule has 1 unspecified atom stereocenters. The zero-order chi connectivity index (χ0) is 22.3. The Labute approximate surface area is 190 Å². The van der Waals surface area contributed by atoms with E-state index in [2.05, 4.69) is 25.5 Å². The van der Waals surface area contributed by atoms with Gasteiger partial charge in [0, 0.05) is 30.0 Å².